The highest BCUT2D eigenvalue weighted by molar-refractivity contribution is 5.76. The summed E-state index contributed by atoms with van der Waals surface area (Å²) in [4.78, 5) is 28.3. The summed E-state index contributed by atoms with van der Waals surface area (Å²) in [6, 6.07) is 0.814. The number of urea groups is 1. The van der Waals surface area contributed by atoms with E-state index in [4.69, 9.17) is 0 Å². The topological polar surface area (TPSA) is 52.7 Å². The van der Waals surface area contributed by atoms with E-state index in [1.165, 1.54) is 0 Å². The second-order valence-corrected chi connectivity index (χ2v) is 6.81. The number of allylic oxidation sites excluding steroid dienone is 1. The smallest absolute Gasteiger partial charge is 0.318 e. The van der Waals surface area contributed by atoms with Gasteiger partial charge in [0, 0.05) is 32.1 Å². The summed E-state index contributed by atoms with van der Waals surface area (Å²) in [7, 11) is 0. The van der Waals surface area contributed by atoms with Gasteiger partial charge in [0.25, 0.3) is 0 Å². The third-order valence-electron chi connectivity index (χ3n) is 5.00. The highest BCUT2D eigenvalue weighted by Gasteiger charge is 2.36. The maximum Gasteiger partial charge on any atom is 0.318 e. The lowest BCUT2D eigenvalue weighted by atomic mass is 10.0. The molecular formula is C17H27N3O2. The van der Waals surface area contributed by atoms with Gasteiger partial charge >= 0.3 is 6.03 Å². The summed E-state index contributed by atoms with van der Waals surface area (Å²) < 4.78 is 0. The molecular weight excluding hydrogens is 278 g/mol. The molecule has 2 aliphatic carbocycles. The third-order valence-corrected chi connectivity index (χ3v) is 5.00. The molecule has 2 fully saturated rings. The van der Waals surface area contributed by atoms with Crippen LogP contribution in [-0.2, 0) is 4.79 Å². The summed E-state index contributed by atoms with van der Waals surface area (Å²) >= 11 is 0. The molecule has 0 radical (unpaired) electrons. The molecule has 0 bridgehead atoms. The number of likely N-dealkylation sites (tertiary alicyclic amines) is 1. The van der Waals surface area contributed by atoms with Gasteiger partial charge in [0.2, 0.25) is 5.91 Å². The van der Waals surface area contributed by atoms with Crippen LogP contribution in [0.2, 0.25) is 0 Å². The average Bonchev–Trinajstić information content (AvgIpc) is 3.23. The van der Waals surface area contributed by atoms with E-state index in [1.807, 2.05) is 9.80 Å². The molecule has 3 amide bonds. The predicted molar refractivity (Wildman–Crippen MR) is 85.4 cm³/mol. The van der Waals surface area contributed by atoms with Crippen LogP contribution < -0.4 is 5.32 Å². The van der Waals surface area contributed by atoms with Crippen molar-refractivity contribution in [3.05, 3.63) is 12.2 Å². The quantitative estimate of drug-likeness (QED) is 0.810. The fourth-order valence-corrected chi connectivity index (χ4v) is 3.62. The monoisotopic (exact) mass is 305 g/mol. The van der Waals surface area contributed by atoms with Gasteiger partial charge in [-0.15, -0.1) is 0 Å². The Morgan fingerprint density at radius 1 is 1.23 bits per heavy atom. The van der Waals surface area contributed by atoms with Gasteiger partial charge in [0.1, 0.15) is 0 Å². The summed E-state index contributed by atoms with van der Waals surface area (Å²) in [5.74, 6) is 0.143. The summed E-state index contributed by atoms with van der Waals surface area (Å²) in [6.45, 7) is 3.15. The van der Waals surface area contributed by atoms with Crippen LogP contribution >= 0.6 is 0 Å². The largest absolute Gasteiger partial charge is 0.338 e. The van der Waals surface area contributed by atoms with Crippen molar-refractivity contribution < 1.29 is 9.59 Å². The van der Waals surface area contributed by atoms with Crippen LogP contribution in [0.3, 0.4) is 0 Å². The zero-order valence-electron chi connectivity index (χ0n) is 13.5. The normalized spacial score (nSPS) is 27.8. The molecule has 3 aliphatic rings. The molecule has 1 heterocycles. The van der Waals surface area contributed by atoms with E-state index < -0.39 is 0 Å². The van der Waals surface area contributed by atoms with Gasteiger partial charge < -0.3 is 15.1 Å². The second kappa shape index (κ2) is 6.71. The van der Waals surface area contributed by atoms with Crippen molar-refractivity contribution in [1.82, 2.24) is 15.1 Å². The van der Waals surface area contributed by atoms with Crippen molar-refractivity contribution >= 4 is 11.9 Å². The van der Waals surface area contributed by atoms with Crippen molar-refractivity contribution in [2.75, 3.05) is 13.1 Å². The molecule has 0 aromatic carbocycles. The van der Waals surface area contributed by atoms with E-state index in [-0.39, 0.29) is 24.0 Å². The van der Waals surface area contributed by atoms with Gasteiger partial charge in [0.05, 0.1) is 6.04 Å². The molecule has 22 heavy (non-hydrogen) atoms. The number of hydrogen-bond donors (Lipinski definition) is 1. The Labute approximate surface area is 132 Å². The zero-order valence-corrected chi connectivity index (χ0v) is 13.5. The standard InChI is InChI=1S/C17H27N3O2/c1-13(21)20(15-9-10-15)12-16-8-5-11-19(16)17(22)18-14-6-3-2-4-7-14/h3,6,14-16H,2,4-5,7-12H2,1H3,(H,18,22)/t14-,16+/m0/s1. The van der Waals surface area contributed by atoms with Crippen LogP contribution in [0, 0.1) is 0 Å². The van der Waals surface area contributed by atoms with E-state index in [0.717, 1.165) is 51.5 Å². The maximum atomic E-state index is 12.5. The van der Waals surface area contributed by atoms with Crippen LogP contribution in [-0.4, -0.2) is 53.0 Å². The van der Waals surface area contributed by atoms with E-state index >= 15 is 0 Å². The highest BCUT2D eigenvalue weighted by atomic mass is 16.2. The molecule has 0 aromatic heterocycles. The molecule has 2 atom stereocenters. The maximum absolute atomic E-state index is 12.5. The number of hydrogen-bond acceptors (Lipinski definition) is 2. The van der Waals surface area contributed by atoms with E-state index in [2.05, 4.69) is 17.5 Å². The van der Waals surface area contributed by atoms with Crippen LogP contribution in [0.5, 0.6) is 0 Å². The van der Waals surface area contributed by atoms with E-state index in [0.29, 0.717) is 12.6 Å². The first-order valence-electron chi connectivity index (χ1n) is 8.66. The van der Waals surface area contributed by atoms with E-state index in [9.17, 15) is 9.59 Å². The van der Waals surface area contributed by atoms with Crippen molar-refractivity contribution in [2.45, 2.75) is 70.0 Å². The van der Waals surface area contributed by atoms with Gasteiger partial charge in [-0.3, -0.25) is 4.79 Å². The Hall–Kier alpha value is -1.52. The van der Waals surface area contributed by atoms with Crippen molar-refractivity contribution in [3.63, 3.8) is 0 Å². The molecule has 3 rings (SSSR count). The van der Waals surface area contributed by atoms with Gasteiger partial charge in [-0.25, -0.2) is 4.79 Å². The minimum atomic E-state index is 0.0401. The molecule has 0 unspecified atom stereocenters. The molecule has 5 nitrogen and oxygen atoms in total. The molecule has 1 N–H and O–H groups in total. The fourth-order valence-electron chi connectivity index (χ4n) is 3.62. The SMILES string of the molecule is CC(=O)N(C[C@H]1CCCN1C(=O)N[C@H]1C=CCCC1)C1CC1. The number of amides is 3. The number of nitrogens with one attached hydrogen (secondary N) is 1. The third kappa shape index (κ3) is 3.62. The van der Waals surface area contributed by atoms with Crippen molar-refractivity contribution in [2.24, 2.45) is 0 Å². The Morgan fingerprint density at radius 2 is 2.05 bits per heavy atom. The van der Waals surface area contributed by atoms with Gasteiger partial charge in [-0.1, -0.05) is 12.2 Å². The molecule has 1 saturated carbocycles. The molecule has 1 saturated heterocycles. The van der Waals surface area contributed by atoms with Crippen molar-refractivity contribution in [1.29, 1.82) is 0 Å². The Bertz CT molecular complexity index is 459. The lowest BCUT2D eigenvalue weighted by molar-refractivity contribution is -0.130. The van der Waals surface area contributed by atoms with Gasteiger partial charge in [-0.05, 0) is 44.9 Å². The Balaban J connectivity index is 1.57. The summed E-state index contributed by atoms with van der Waals surface area (Å²) in [6.07, 6.45) is 11.8. The molecule has 5 heteroatoms. The zero-order chi connectivity index (χ0) is 15.5. The number of nitrogens with zero attached hydrogens (tertiary/aromatic N) is 2. The minimum Gasteiger partial charge on any atom is -0.338 e. The van der Waals surface area contributed by atoms with E-state index in [1.54, 1.807) is 6.92 Å². The number of carbonyl (C=O) groups excluding carboxylic acids is 2. The molecule has 1 aliphatic heterocycles. The van der Waals surface area contributed by atoms with Crippen LogP contribution in [0.15, 0.2) is 12.2 Å². The van der Waals surface area contributed by atoms with Gasteiger partial charge in [-0.2, -0.15) is 0 Å². The average molecular weight is 305 g/mol. The van der Waals surface area contributed by atoms with Crippen LogP contribution in [0.25, 0.3) is 0 Å². The molecule has 0 spiro atoms. The summed E-state index contributed by atoms with van der Waals surface area (Å²) in [5.41, 5.74) is 0. The highest BCUT2D eigenvalue weighted by Crippen LogP contribution is 2.29. The molecule has 122 valence electrons. The van der Waals surface area contributed by atoms with Crippen molar-refractivity contribution in [3.8, 4) is 0 Å². The van der Waals surface area contributed by atoms with Crippen LogP contribution in [0.4, 0.5) is 4.79 Å². The lowest BCUT2D eigenvalue weighted by Gasteiger charge is -2.31. The number of carbonyl (C=O) groups is 2. The first-order chi connectivity index (χ1) is 10.6. The number of rotatable bonds is 4. The Kier molecular flexibility index (Phi) is 4.69. The first kappa shape index (κ1) is 15.4. The molecule has 0 aromatic rings. The minimum absolute atomic E-state index is 0.0401. The lowest BCUT2D eigenvalue weighted by Crippen LogP contribution is -2.50. The summed E-state index contributed by atoms with van der Waals surface area (Å²) in [5, 5.41) is 3.13. The first-order valence-corrected chi connectivity index (χ1v) is 8.66. The second-order valence-electron chi connectivity index (χ2n) is 6.81. The predicted octanol–water partition coefficient (Wildman–Crippen LogP) is 2.28. The van der Waals surface area contributed by atoms with Gasteiger partial charge in [0.15, 0.2) is 0 Å². The van der Waals surface area contributed by atoms with Crippen LogP contribution in [0.1, 0.15) is 51.9 Å². The Morgan fingerprint density at radius 3 is 2.68 bits per heavy atom. The fraction of sp³-hybridized carbons (Fsp3) is 0.765.